The molecule has 4 heterocycles. The van der Waals surface area contributed by atoms with Gasteiger partial charge in [0.15, 0.2) is 11.6 Å². The molecule has 32 heavy (non-hydrogen) atoms. The number of aromatic nitrogens is 6. The van der Waals surface area contributed by atoms with E-state index in [1.807, 2.05) is 13.1 Å². The molecule has 5 aromatic rings. The molecule has 0 aliphatic heterocycles. The van der Waals surface area contributed by atoms with Gasteiger partial charge in [-0.05, 0) is 13.0 Å². The van der Waals surface area contributed by atoms with Gasteiger partial charge in [0.25, 0.3) is 0 Å². The van der Waals surface area contributed by atoms with Crippen LogP contribution in [0.5, 0.6) is 5.75 Å². The Morgan fingerprint density at radius 1 is 1.09 bits per heavy atom. The van der Waals surface area contributed by atoms with Crippen molar-refractivity contribution in [1.29, 1.82) is 0 Å². The molecule has 0 saturated carbocycles. The van der Waals surface area contributed by atoms with Crippen LogP contribution in [0.25, 0.3) is 38.8 Å². The van der Waals surface area contributed by atoms with Crippen LogP contribution in [0.2, 0.25) is 0 Å². The van der Waals surface area contributed by atoms with Gasteiger partial charge in [0.1, 0.15) is 11.4 Å². The minimum Gasteiger partial charge on any atom is -0.496 e. The first-order valence-electron chi connectivity index (χ1n) is 9.85. The van der Waals surface area contributed by atoms with Crippen LogP contribution in [0.3, 0.4) is 0 Å². The predicted octanol–water partition coefficient (Wildman–Crippen LogP) is 3.44. The Morgan fingerprint density at radius 2 is 1.84 bits per heavy atom. The average Bonchev–Trinajstić information content (AvgIpc) is 3.37. The topological polar surface area (TPSA) is 79.8 Å². The van der Waals surface area contributed by atoms with E-state index in [9.17, 15) is 13.6 Å². The highest BCUT2D eigenvalue weighted by atomic mass is 19.1. The molecule has 0 atom stereocenters. The van der Waals surface area contributed by atoms with Gasteiger partial charge in [0, 0.05) is 42.4 Å². The smallest absolute Gasteiger partial charge is 0.333 e. The highest BCUT2D eigenvalue weighted by molar-refractivity contribution is 6.05. The molecule has 0 bridgehead atoms. The van der Waals surface area contributed by atoms with Crippen molar-refractivity contribution in [2.75, 3.05) is 7.11 Å². The second kappa shape index (κ2) is 7.26. The van der Waals surface area contributed by atoms with Crippen LogP contribution in [0, 0.1) is 11.6 Å². The number of ether oxygens (including phenoxy) is 1. The SMILES string of the molecule is CCn1cc(-c2cc3c(cc2OC)ncc2c3n(-c3c(F)cncc3F)c(=O)n2C)cn1. The van der Waals surface area contributed by atoms with E-state index >= 15 is 0 Å². The summed E-state index contributed by atoms with van der Waals surface area (Å²) in [7, 11) is 3.08. The van der Waals surface area contributed by atoms with Crippen LogP contribution in [0.4, 0.5) is 8.78 Å². The number of hydrogen-bond donors (Lipinski definition) is 0. The lowest BCUT2D eigenvalue weighted by Crippen LogP contribution is -2.22. The Bertz CT molecular complexity index is 1550. The number of halogens is 2. The van der Waals surface area contributed by atoms with E-state index in [0.717, 1.165) is 22.5 Å². The van der Waals surface area contributed by atoms with Crippen molar-refractivity contribution in [2.45, 2.75) is 13.5 Å². The van der Waals surface area contributed by atoms with Gasteiger partial charge in [-0.3, -0.25) is 23.8 Å². The largest absolute Gasteiger partial charge is 0.496 e. The third-order valence-corrected chi connectivity index (χ3v) is 5.52. The second-order valence-electron chi connectivity index (χ2n) is 7.28. The zero-order valence-corrected chi connectivity index (χ0v) is 17.5. The summed E-state index contributed by atoms with van der Waals surface area (Å²) in [6, 6.07) is 3.53. The van der Waals surface area contributed by atoms with Gasteiger partial charge in [0.05, 0.1) is 48.4 Å². The fourth-order valence-corrected chi connectivity index (χ4v) is 3.92. The van der Waals surface area contributed by atoms with Crippen LogP contribution >= 0.6 is 0 Å². The molecular formula is C22H18F2N6O2. The van der Waals surface area contributed by atoms with E-state index in [2.05, 4.69) is 15.1 Å². The summed E-state index contributed by atoms with van der Waals surface area (Å²) in [6.07, 6.45) is 6.83. The molecule has 0 saturated heterocycles. The molecule has 10 heteroatoms. The van der Waals surface area contributed by atoms with E-state index < -0.39 is 23.0 Å². The number of fused-ring (bicyclic) bond motifs is 3. The first-order chi connectivity index (χ1) is 15.4. The summed E-state index contributed by atoms with van der Waals surface area (Å²) in [4.78, 5) is 21.0. The molecule has 8 nitrogen and oxygen atoms in total. The molecule has 0 spiro atoms. The van der Waals surface area contributed by atoms with E-state index in [0.29, 0.717) is 39.8 Å². The van der Waals surface area contributed by atoms with Gasteiger partial charge in [-0.25, -0.2) is 13.6 Å². The van der Waals surface area contributed by atoms with Gasteiger partial charge < -0.3 is 4.74 Å². The van der Waals surface area contributed by atoms with E-state index in [1.165, 1.54) is 17.8 Å². The van der Waals surface area contributed by atoms with Crippen molar-refractivity contribution in [3.63, 3.8) is 0 Å². The second-order valence-corrected chi connectivity index (χ2v) is 7.28. The van der Waals surface area contributed by atoms with Crippen LogP contribution < -0.4 is 10.4 Å². The lowest BCUT2D eigenvalue weighted by molar-refractivity contribution is 0.417. The molecule has 0 fully saturated rings. The number of imidazole rings is 1. The zero-order valence-electron chi connectivity index (χ0n) is 17.5. The van der Waals surface area contributed by atoms with Crippen molar-refractivity contribution in [3.8, 4) is 22.6 Å². The molecule has 0 radical (unpaired) electrons. The molecule has 0 amide bonds. The van der Waals surface area contributed by atoms with Crippen LogP contribution in [0.1, 0.15) is 6.92 Å². The van der Waals surface area contributed by atoms with Crippen molar-refractivity contribution in [3.05, 3.63) is 65.2 Å². The normalized spacial score (nSPS) is 11.5. The van der Waals surface area contributed by atoms with E-state index in [4.69, 9.17) is 4.74 Å². The molecule has 4 aromatic heterocycles. The zero-order chi connectivity index (χ0) is 22.6. The maximum Gasteiger partial charge on any atom is 0.333 e. The Hall–Kier alpha value is -4.08. The number of rotatable bonds is 4. The third-order valence-electron chi connectivity index (χ3n) is 5.52. The Kier molecular flexibility index (Phi) is 4.50. The number of methoxy groups -OCH3 is 1. The third kappa shape index (κ3) is 2.79. The van der Waals surface area contributed by atoms with Gasteiger partial charge in [-0.15, -0.1) is 0 Å². The number of pyridine rings is 2. The fourth-order valence-electron chi connectivity index (χ4n) is 3.92. The Labute approximate surface area is 180 Å². The predicted molar refractivity (Wildman–Crippen MR) is 115 cm³/mol. The lowest BCUT2D eigenvalue weighted by atomic mass is 10.0. The van der Waals surface area contributed by atoms with Gasteiger partial charge in [0.2, 0.25) is 0 Å². The van der Waals surface area contributed by atoms with Crippen LogP contribution in [-0.2, 0) is 13.6 Å². The standard InChI is InChI=1S/C22H18F2N6O2/c1-4-29-11-12(7-27-29)13-5-14-17(6-19(13)32-3)26-10-18-20(14)30(22(31)28(18)2)21-15(23)8-25-9-16(21)24/h5-11H,4H2,1-3H3. The first kappa shape index (κ1) is 19.9. The van der Waals surface area contributed by atoms with Gasteiger partial charge >= 0.3 is 5.69 Å². The molecule has 0 unspecified atom stereocenters. The summed E-state index contributed by atoms with van der Waals surface area (Å²) in [6.45, 7) is 2.67. The molecule has 5 rings (SSSR count). The summed E-state index contributed by atoms with van der Waals surface area (Å²) >= 11 is 0. The highest BCUT2D eigenvalue weighted by Crippen LogP contribution is 2.36. The monoisotopic (exact) mass is 436 g/mol. The van der Waals surface area contributed by atoms with Crippen molar-refractivity contribution < 1.29 is 13.5 Å². The highest BCUT2D eigenvalue weighted by Gasteiger charge is 2.23. The van der Waals surface area contributed by atoms with Gasteiger partial charge in [-0.2, -0.15) is 5.10 Å². The molecular weight excluding hydrogens is 418 g/mol. The number of benzene rings is 1. The Morgan fingerprint density at radius 3 is 2.50 bits per heavy atom. The molecule has 1 aromatic carbocycles. The number of aryl methyl sites for hydroxylation is 2. The van der Waals surface area contributed by atoms with Gasteiger partial charge in [-0.1, -0.05) is 0 Å². The minimum absolute atomic E-state index is 0.332. The van der Waals surface area contributed by atoms with Crippen molar-refractivity contribution in [1.82, 2.24) is 28.9 Å². The quantitative estimate of drug-likeness (QED) is 0.431. The van der Waals surface area contributed by atoms with E-state index in [1.54, 1.807) is 30.1 Å². The van der Waals surface area contributed by atoms with Crippen LogP contribution in [-0.4, -0.2) is 36.0 Å². The van der Waals surface area contributed by atoms with Crippen molar-refractivity contribution >= 4 is 21.9 Å². The minimum atomic E-state index is -0.942. The molecule has 0 aliphatic rings. The average molecular weight is 436 g/mol. The summed E-state index contributed by atoms with van der Waals surface area (Å²) < 4.78 is 39.0. The molecule has 0 N–H and O–H groups in total. The van der Waals surface area contributed by atoms with E-state index in [-0.39, 0.29) is 0 Å². The van der Waals surface area contributed by atoms with Crippen molar-refractivity contribution in [2.24, 2.45) is 7.05 Å². The number of nitrogens with zero attached hydrogens (tertiary/aromatic N) is 6. The number of hydrogen-bond acceptors (Lipinski definition) is 5. The molecule has 0 aliphatic carbocycles. The lowest BCUT2D eigenvalue weighted by Gasteiger charge is -2.11. The maximum absolute atomic E-state index is 14.6. The Balaban J connectivity index is 1.93. The summed E-state index contributed by atoms with van der Waals surface area (Å²) in [5.41, 5.74) is 1.70. The maximum atomic E-state index is 14.6. The summed E-state index contributed by atoms with van der Waals surface area (Å²) in [5, 5.41) is 4.85. The fraction of sp³-hybridized carbons (Fsp3) is 0.182. The summed E-state index contributed by atoms with van der Waals surface area (Å²) in [5.74, 6) is -1.32. The first-order valence-corrected chi connectivity index (χ1v) is 9.85. The van der Waals surface area contributed by atoms with Crippen LogP contribution in [0.15, 0.2) is 47.9 Å². The molecule has 162 valence electrons.